The molecule has 25 heavy (non-hydrogen) atoms. The van der Waals surface area contributed by atoms with Crippen LogP contribution in [0.1, 0.15) is 38.5 Å². The number of hydrogen-bond donors (Lipinski definition) is 0. The zero-order chi connectivity index (χ0) is 17.3. The Balaban J connectivity index is 1.51. The zero-order valence-corrected chi connectivity index (χ0v) is 15.3. The van der Waals surface area contributed by atoms with E-state index in [-0.39, 0.29) is 12.8 Å². The molecule has 4 rings (SSSR count). The third-order valence-corrected chi connectivity index (χ3v) is 7.45. The van der Waals surface area contributed by atoms with Crippen LogP contribution >= 0.6 is 0 Å². The van der Waals surface area contributed by atoms with Gasteiger partial charge in [0.05, 0.1) is 4.90 Å². The molecule has 0 saturated carbocycles. The van der Waals surface area contributed by atoms with Gasteiger partial charge in [0.25, 0.3) is 0 Å². The van der Waals surface area contributed by atoms with Gasteiger partial charge in [-0.2, -0.15) is 4.31 Å². The van der Waals surface area contributed by atoms with Crippen molar-refractivity contribution in [2.24, 2.45) is 0 Å². The Kier molecular flexibility index (Phi) is 4.88. The molecule has 138 valence electrons. The summed E-state index contributed by atoms with van der Waals surface area (Å²) in [7, 11) is -3.50. The van der Waals surface area contributed by atoms with Crippen LogP contribution < -0.4 is 9.47 Å². The zero-order valence-electron chi connectivity index (χ0n) is 14.5. The van der Waals surface area contributed by atoms with Gasteiger partial charge in [-0.25, -0.2) is 8.42 Å². The maximum Gasteiger partial charge on any atom is 0.243 e. The van der Waals surface area contributed by atoms with Crippen LogP contribution in [0.25, 0.3) is 0 Å². The summed E-state index contributed by atoms with van der Waals surface area (Å²) in [4.78, 5) is 2.77. The predicted molar refractivity (Wildman–Crippen MR) is 94.4 cm³/mol. The van der Waals surface area contributed by atoms with Gasteiger partial charge in [-0.3, -0.25) is 0 Å². The molecule has 0 spiro atoms. The molecule has 2 saturated heterocycles. The molecule has 0 aliphatic carbocycles. The monoisotopic (exact) mass is 366 g/mol. The van der Waals surface area contributed by atoms with Crippen LogP contribution in [0.4, 0.5) is 0 Å². The van der Waals surface area contributed by atoms with Crippen molar-refractivity contribution in [2.45, 2.75) is 49.5 Å². The van der Waals surface area contributed by atoms with Gasteiger partial charge in [0.1, 0.15) is 0 Å². The highest BCUT2D eigenvalue weighted by Crippen LogP contribution is 2.36. The topological polar surface area (TPSA) is 59.1 Å². The largest absolute Gasteiger partial charge is 0.454 e. The minimum atomic E-state index is -3.50. The minimum absolute atomic E-state index is 0.102. The number of hydrogen-bond acceptors (Lipinski definition) is 5. The van der Waals surface area contributed by atoms with E-state index in [1.807, 2.05) is 0 Å². The third kappa shape index (κ3) is 3.50. The van der Waals surface area contributed by atoms with Crippen LogP contribution in [-0.2, 0) is 10.0 Å². The second-order valence-corrected chi connectivity index (χ2v) is 9.01. The molecular formula is C18H26N2O4S. The number of sulfonamides is 1. The van der Waals surface area contributed by atoms with Gasteiger partial charge in [0.2, 0.25) is 16.8 Å². The van der Waals surface area contributed by atoms with Crippen LogP contribution in [0.3, 0.4) is 0 Å². The molecule has 1 atom stereocenters. The fourth-order valence-corrected chi connectivity index (χ4v) is 5.83. The van der Waals surface area contributed by atoms with E-state index in [1.165, 1.54) is 12.8 Å². The van der Waals surface area contributed by atoms with Gasteiger partial charge >= 0.3 is 0 Å². The Hall–Kier alpha value is -1.31. The number of likely N-dealkylation sites (tertiary alicyclic amines) is 1. The fourth-order valence-electron chi connectivity index (χ4n) is 4.09. The molecule has 0 aromatic heterocycles. The van der Waals surface area contributed by atoms with Crippen LogP contribution in [0.5, 0.6) is 11.5 Å². The molecular weight excluding hydrogens is 340 g/mol. The van der Waals surface area contributed by atoms with E-state index in [2.05, 4.69) is 4.90 Å². The smallest absolute Gasteiger partial charge is 0.243 e. The lowest BCUT2D eigenvalue weighted by molar-refractivity contribution is 0.174. The fraction of sp³-hybridized carbons (Fsp3) is 0.667. The average Bonchev–Trinajstić information content (AvgIpc) is 3.31. The Morgan fingerprint density at radius 3 is 2.60 bits per heavy atom. The van der Waals surface area contributed by atoms with E-state index in [4.69, 9.17) is 9.47 Å². The predicted octanol–water partition coefficient (Wildman–Crippen LogP) is 2.44. The molecule has 0 unspecified atom stereocenters. The highest BCUT2D eigenvalue weighted by atomic mass is 32.2. The number of nitrogens with zero attached hydrogens (tertiary/aromatic N) is 2. The lowest BCUT2D eigenvalue weighted by atomic mass is 10.0. The van der Waals surface area contributed by atoms with Crippen LogP contribution in [0.2, 0.25) is 0 Å². The molecule has 1 aromatic rings. The van der Waals surface area contributed by atoms with Gasteiger partial charge in [-0.15, -0.1) is 0 Å². The Morgan fingerprint density at radius 1 is 1.00 bits per heavy atom. The molecule has 7 heteroatoms. The van der Waals surface area contributed by atoms with Crippen LogP contribution in [0, 0.1) is 0 Å². The van der Waals surface area contributed by atoms with Crippen molar-refractivity contribution in [3.63, 3.8) is 0 Å². The number of piperidine rings is 1. The van der Waals surface area contributed by atoms with Crippen molar-refractivity contribution >= 4 is 10.0 Å². The summed E-state index contributed by atoms with van der Waals surface area (Å²) in [5.74, 6) is 1.13. The first kappa shape index (κ1) is 17.1. The molecule has 2 fully saturated rings. The maximum absolute atomic E-state index is 13.2. The molecule has 3 aliphatic rings. The SMILES string of the molecule is O=S(=O)(c1ccc2c(c1)OCO2)N1CCCC[C@H]1CCN1CCCC1. The summed E-state index contributed by atoms with van der Waals surface area (Å²) < 4.78 is 38.8. The number of ether oxygens (including phenoxy) is 2. The number of fused-ring (bicyclic) bond motifs is 1. The van der Waals surface area contributed by atoms with E-state index in [1.54, 1.807) is 22.5 Å². The lowest BCUT2D eigenvalue weighted by Crippen LogP contribution is -2.45. The highest BCUT2D eigenvalue weighted by molar-refractivity contribution is 7.89. The summed E-state index contributed by atoms with van der Waals surface area (Å²) in [5, 5.41) is 0. The number of benzene rings is 1. The number of rotatable bonds is 5. The average molecular weight is 366 g/mol. The van der Waals surface area contributed by atoms with E-state index in [0.29, 0.717) is 22.9 Å². The first-order chi connectivity index (χ1) is 12.1. The van der Waals surface area contributed by atoms with Gasteiger partial charge in [-0.1, -0.05) is 6.42 Å². The van der Waals surface area contributed by atoms with E-state index in [9.17, 15) is 8.42 Å². The minimum Gasteiger partial charge on any atom is -0.454 e. The Labute approximate surface area is 149 Å². The van der Waals surface area contributed by atoms with Gasteiger partial charge in [0, 0.05) is 18.7 Å². The molecule has 0 N–H and O–H groups in total. The van der Waals surface area contributed by atoms with Crippen molar-refractivity contribution in [1.29, 1.82) is 0 Å². The van der Waals surface area contributed by atoms with Crippen LogP contribution in [0.15, 0.2) is 23.1 Å². The summed E-state index contributed by atoms with van der Waals surface area (Å²) >= 11 is 0. The normalized spacial score (nSPS) is 24.7. The van der Waals surface area contributed by atoms with Crippen LogP contribution in [-0.4, -0.2) is 56.6 Å². The summed E-state index contributed by atoms with van der Waals surface area (Å²) in [6.07, 6.45) is 6.46. The van der Waals surface area contributed by atoms with E-state index < -0.39 is 10.0 Å². The molecule has 0 amide bonds. The summed E-state index contributed by atoms with van der Waals surface area (Å²) in [6, 6.07) is 5.03. The van der Waals surface area contributed by atoms with E-state index >= 15 is 0 Å². The molecule has 3 heterocycles. The molecule has 3 aliphatic heterocycles. The van der Waals surface area contributed by atoms with Gasteiger partial charge in [-0.05, 0) is 63.9 Å². The maximum atomic E-state index is 13.2. The Bertz CT molecular complexity index is 716. The molecule has 0 bridgehead atoms. The van der Waals surface area contributed by atoms with Crippen molar-refractivity contribution in [3.05, 3.63) is 18.2 Å². The quantitative estimate of drug-likeness (QED) is 0.801. The second-order valence-electron chi connectivity index (χ2n) is 7.12. The van der Waals surface area contributed by atoms with Crippen molar-refractivity contribution in [2.75, 3.05) is 33.0 Å². The standard InChI is InChI=1S/C18H26N2O4S/c21-25(22,16-6-7-17-18(13-16)24-14-23-17)20-11-2-1-5-15(20)8-12-19-9-3-4-10-19/h6-7,13,15H,1-5,8-12,14H2/t15-/m0/s1. The van der Waals surface area contributed by atoms with E-state index in [0.717, 1.165) is 45.3 Å². The lowest BCUT2D eigenvalue weighted by Gasteiger charge is -2.35. The van der Waals surface area contributed by atoms with Gasteiger partial charge < -0.3 is 14.4 Å². The second kappa shape index (κ2) is 7.13. The molecule has 0 radical (unpaired) electrons. The molecule has 6 nitrogen and oxygen atoms in total. The Morgan fingerprint density at radius 2 is 1.76 bits per heavy atom. The molecule has 1 aromatic carbocycles. The first-order valence-corrected chi connectivity index (χ1v) is 10.7. The first-order valence-electron chi connectivity index (χ1n) is 9.28. The third-order valence-electron chi connectivity index (χ3n) is 5.50. The van der Waals surface area contributed by atoms with Crippen molar-refractivity contribution < 1.29 is 17.9 Å². The summed E-state index contributed by atoms with van der Waals surface area (Å²) in [6.45, 7) is 4.07. The summed E-state index contributed by atoms with van der Waals surface area (Å²) in [5.41, 5.74) is 0. The van der Waals surface area contributed by atoms with Gasteiger partial charge in [0.15, 0.2) is 11.5 Å². The van der Waals surface area contributed by atoms with Crippen molar-refractivity contribution in [3.8, 4) is 11.5 Å². The highest BCUT2D eigenvalue weighted by Gasteiger charge is 2.34. The van der Waals surface area contributed by atoms with Crippen molar-refractivity contribution in [1.82, 2.24) is 9.21 Å².